The molecule has 0 saturated carbocycles. The van der Waals surface area contributed by atoms with Crippen LogP contribution in [0.3, 0.4) is 0 Å². The molecule has 434 valence electrons. The van der Waals surface area contributed by atoms with Crippen LogP contribution in [0.25, 0.3) is 22.3 Å². The van der Waals surface area contributed by atoms with Gasteiger partial charge in [-0.05, 0) is 165 Å². The molecule has 0 fully saturated rings. The molecule has 0 bridgehead atoms. The van der Waals surface area contributed by atoms with Crippen LogP contribution in [-0.4, -0.2) is 99.4 Å². The number of esters is 1. The van der Waals surface area contributed by atoms with Gasteiger partial charge in [0.2, 0.25) is 0 Å². The monoisotopic (exact) mass is 1360 g/mol. The Labute approximate surface area is 522 Å². The highest BCUT2D eigenvalue weighted by atomic mass is 79.9. The van der Waals surface area contributed by atoms with E-state index in [4.69, 9.17) is 33.4 Å². The van der Waals surface area contributed by atoms with Gasteiger partial charge < -0.3 is 25.8 Å². The number of carboxylic acids is 1. The molecule has 4 N–H and O–H groups in total. The second-order valence-electron chi connectivity index (χ2n) is 17.9. The van der Waals surface area contributed by atoms with Gasteiger partial charge in [0.15, 0.2) is 23.1 Å². The molecule has 0 atom stereocenters. The molecule has 0 aliphatic carbocycles. The van der Waals surface area contributed by atoms with Crippen LogP contribution in [0.15, 0.2) is 128 Å². The number of carbonyl (C=O) groups excluding carboxylic acids is 4. The second-order valence-corrected chi connectivity index (χ2v) is 20.7. The largest absolute Gasteiger partial charge is 0.478 e. The molecule has 27 heteroatoms. The molecular formula is C59H48Br3ClN16O7. The Bertz CT molecular complexity index is 4310. The third-order valence-corrected chi connectivity index (χ3v) is 13.5. The Morgan fingerprint density at radius 3 is 1.62 bits per heavy atom. The number of anilines is 2. The minimum absolute atomic E-state index is 0. The van der Waals surface area contributed by atoms with Crippen molar-refractivity contribution in [3.8, 4) is 29.6 Å². The topological polar surface area (TPSA) is 307 Å². The number of hydrogen-bond acceptors (Lipinski definition) is 15. The molecule has 9 rings (SSSR count). The Morgan fingerprint density at radius 1 is 0.651 bits per heavy atom. The van der Waals surface area contributed by atoms with E-state index in [1.54, 1.807) is 80.6 Å². The van der Waals surface area contributed by atoms with Gasteiger partial charge in [-0.3, -0.25) is 19.4 Å². The van der Waals surface area contributed by atoms with Crippen molar-refractivity contribution in [2.45, 2.75) is 42.0 Å². The number of halogens is 4. The van der Waals surface area contributed by atoms with Crippen molar-refractivity contribution in [3.05, 3.63) is 213 Å². The summed E-state index contributed by atoms with van der Waals surface area (Å²) in [6.07, 6.45) is 6.46. The number of aryl methyl sites for hydroxylation is 5. The first-order valence-corrected chi connectivity index (χ1v) is 27.4. The van der Waals surface area contributed by atoms with Crippen molar-refractivity contribution in [1.29, 1.82) is 10.5 Å². The first-order chi connectivity index (χ1) is 40.6. The number of methoxy groups -OCH3 is 1. The molecule has 0 unspecified atom stereocenters. The van der Waals surface area contributed by atoms with E-state index < -0.39 is 23.8 Å². The molecule has 3 amide bonds. The number of aromatic nitrogens is 9. The Kier molecular flexibility index (Phi) is 21.9. The highest BCUT2D eigenvalue weighted by Gasteiger charge is 2.25. The summed E-state index contributed by atoms with van der Waals surface area (Å²) in [7, 11) is 2.77. The zero-order valence-electron chi connectivity index (χ0n) is 45.7. The molecule has 0 aliphatic rings. The molecule has 23 nitrogen and oxygen atoms in total. The maximum absolute atomic E-state index is 13.0. The molecule has 0 aliphatic heterocycles. The summed E-state index contributed by atoms with van der Waals surface area (Å²) in [5.74, 6) is -1.88. The fourth-order valence-electron chi connectivity index (χ4n) is 8.17. The van der Waals surface area contributed by atoms with E-state index in [-0.39, 0.29) is 64.2 Å². The molecular weight excluding hydrogens is 1320 g/mol. The average molecular weight is 1370 g/mol. The lowest BCUT2D eigenvalue weighted by Crippen LogP contribution is -2.20. The molecule has 86 heavy (non-hydrogen) atoms. The van der Waals surface area contributed by atoms with Gasteiger partial charge in [-0.2, -0.15) is 25.8 Å². The predicted molar refractivity (Wildman–Crippen MR) is 332 cm³/mol. The highest BCUT2D eigenvalue weighted by Crippen LogP contribution is 2.32. The number of amides is 3. The van der Waals surface area contributed by atoms with E-state index in [9.17, 15) is 29.1 Å². The Balaban J connectivity index is 0.000000205. The third kappa shape index (κ3) is 15.0. The van der Waals surface area contributed by atoms with E-state index >= 15 is 0 Å². The number of aliphatic imine (C=N–C) groups is 1. The number of nitriles is 2. The van der Waals surface area contributed by atoms with Crippen LogP contribution >= 0.6 is 59.4 Å². The van der Waals surface area contributed by atoms with Crippen LogP contribution in [0.5, 0.6) is 0 Å². The van der Waals surface area contributed by atoms with E-state index in [1.807, 2.05) is 57.2 Å². The molecule has 0 radical (unpaired) electrons. The van der Waals surface area contributed by atoms with Crippen molar-refractivity contribution in [3.63, 3.8) is 0 Å². The fourth-order valence-corrected chi connectivity index (χ4v) is 9.52. The summed E-state index contributed by atoms with van der Waals surface area (Å²) in [6.45, 7) is 16.1. The molecule has 0 saturated heterocycles. The van der Waals surface area contributed by atoms with Gasteiger partial charge in [0.1, 0.15) is 25.2 Å². The summed E-state index contributed by atoms with van der Waals surface area (Å²) < 4.78 is 10.6. The van der Waals surface area contributed by atoms with Crippen molar-refractivity contribution >= 4 is 118 Å². The van der Waals surface area contributed by atoms with Gasteiger partial charge in [-0.1, -0.05) is 37.2 Å². The SMILES string of the molecule is C.COC(=O)c1cc(C#N)cc(C)c1NC(=O)c1cc(Br)nn1-c1ncccc1Cl.Cc1cccnc1-n1nc(Br)cc1C(=O)Nc1c(C)cc(C#N)cc1C(=O)O.[C-]#[N+]c1cc(C)c(N=Cc2cc(Br)nn2-c2ncccc2C)c(C(=O)NC)c1. The number of hydrogen-bond donors (Lipinski definition) is 4. The van der Waals surface area contributed by atoms with Crippen molar-refractivity contribution in [1.82, 2.24) is 49.6 Å². The molecule has 9 aromatic rings. The van der Waals surface area contributed by atoms with Gasteiger partial charge in [-0.25, -0.2) is 43.4 Å². The number of carbonyl (C=O) groups is 5. The predicted octanol–water partition coefficient (Wildman–Crippen LogP) is 12.3. The second kappa shape index (κ2) is 29.0. The zero-order valence-corrected chi connectivity index (χ0v) is 51.2. The molecule has 6 heterocycles. The van der Waals surface area contributed by atoms with Crippen molar-refractivity contribution in [2.24, 2.45) is 4.99 Å². The van der Waals surface area contributed by atoms with Gasteiger partial charge in [0.05, 0.1) is 87.6 Å². The Hall–Kier alpha value is -10.0. The number of pyridine rings is 3. The molecule has 3 aromatic carbocycles. The van der Waals surface area contributed by atoms with Gasteiger partial charge >= 0.3 is 11.9 Å². The van der Waals surface area contributed by atoms with Crippen molar-refractivity contribution in [2.75, 3.05) is 24.8 Å². The fraction of sp³-hybridized carbons (Fsp3) is 0.136. The summed E-state index contributed by atoms with van der Waals surface area (Å²) >= 11 is 16.1. The maximum Gasteiger partial charge on any atom is 0.340 e. The van der Waals surface area contributed by atoms with Crippen LogP contribution in [0.4, 0.5) is 22.7 Å². The number of nitrogens with one attached hydrogen (secondary N) is 3. The third-order valence-electron chi connectivity index (χ3n) is 12.1. The van der Waals surface area contributed by atoms with Crippen LogP contribution in [0.1, 0.15) is 104 Å². The summed E-state index contributed by atoms with van der Waals surface area (Å²) in [5, 5.41) is 48.8. The molecule has 0 spiro atoms. The zero-order chi connectivity index (χ0) is 61.8. The van der Waals surface area contributed by atoms with E-state index in [2.05, 4.69) is 104 Å². The van der Waals surface area contributed by atoms with Gasteiger partial charge in [-0.15, -0.1) is 0 Å². The summed E-state index contributed by atoms with van der Waals surface area (Å²) in [4.78, 5) is 82.8. The number of nitrogens with zero attached hydrogens (tertiary/aromatic N) is 13. The summed E-state index contributed by atoms with van der Waals surface area (Å²) in [6, 6.07) is 28.3. The van der Waals surface area contributed by atoms with Crippen molar-refractivity contribution < 1.29 is 33.8 Å². The number of aromatic carboxylic acids is 1. The average Bonchev–Trinajstić information content (AvgIpc) is 1.80. The lowest BCUT2D eigenvalue weighted by molar-refractivity contribution is 0.0600. The lowest BCUT2D eigenvalue weighted by atomic mass is 10.0. The highest BCUT2D eigenvalue weighted by molar-refractivity contribution is 9.11. The minimum Gasteiger partial charge on any atom is -0.478 e. The number of carboxylic acid groups (broad SMARTS) is 1. The van der Waals surface area contributed by atoms with E-state index in [1.165, 1.54) is 53.0 Å². The van der Waals surface area contributed by atoms with Gasteiger partial charge in [0.25, 0.3) is 17.7 Å². The van der Waals surface area contributed by atoms with Crippen LogP contribution in [0.2, 0.25) is 5.02 Å². The lowest BCUT2D eigenvalue weighted by Gasteiger charge is -2.14. The number of benzene rings is 3. The Morgan fingerprint density at radius 2 is 1.13 bits per heavy atom. The van der Waals surface area contributed by atoms with E-state index in [0.717, 1.165) is 16.7 Å². The molecule has 6 aromatic heterocycles. The smallest absolute Gasteiger partial charge is 0.340 e. The van der Waals surface area contributed by atoms with Crippen LogP contribution in [0, 0.1) is 63.9 Å². The van der Waals surface area contributed by atoms with Crippen LogP contribution < -0.4 is 16.0 Å². The maximum atomic E-state index is 13.0. The quantitative estimate of drug-likeness (QED) is 0.0502. The minimum atomic E-state index is -1.24. The normalized spacial score (nSPS) is 10.4. The van der Waals surface area contributed by atoms with Gasteiger partial charge in [0, 0.05) is 43.8 Å². The van der Waals surface area contributed by atoms with Crippen LogP contribution in [-0.2, 0) is 4.74 Å². The number of rotatable bonds is 12. The number of ether oxygens (including phenoxy) is 1. The standard InChI is InChI=1S/C20H17BrN6O.C19H13BrClN5O3.C19H14BrN5O3.CH4/c1-12-6-5-7-24-19(12)27-15(10-17(21)26-27)11-25-18-13(2)8-14(22-3)9-16(18)20(28)23-4;1-10-6-11(9-22)7-12(19(28)29-2)16(10)24-18(27)14-8-15(20)25-26(14)17-13(21)4-3-5-23-17;1-10-4-3-5-22-17(10)25-14(8-15(20)24-25)18(26)23-16-11(2)6-12(9-21)7-13(16)19(27)28;/h5-11H,1-2,4H3,(H,23,28);3-8H,1-2H3,(H,24,27);3-8H,1-2H3,(H,23,26)(H,27,28);1H4. The summed E-state index contributed by atoms with van der Waals surface area (Å²) in [5.41, 5.74) is 6.51. The van der Waals surface area contributed by atoms with E-state index in [0.29, 0.717) is 64.2 Å². The first kappa shape index (κ1) is 65.1. The first-order valence-electron chi connectivity index (χ1n) is 24.6.